The Balaban J connectivity index is 2.01. The van der Waals surface area contributed by atoms with Crippen molar-refractivity contribution in [2.24, 2.45) is 0 Å². The van der Waals surface area contributed by atoms with E-state index in [1.54, 1.807) is 6.08 Å². The molecule has 16 heavy (non-hydrogen) atoms. The SMILES string of the molecule is C=CCNC(=O)Nc1n[nH]c2c1CCNC2. The zero-order valence-electron chi connectivity index (χ0n) is 8.97. The van der Waals surface area contributed by atoms with Crippen LogP contribution >= 0.6 is 0 Å². The van der Waals surface area contributed by atoms with Crippen molar-refractivity contribution in [1.29, 1.82) is 0 Å². The summed E-state index contributed by atoms with van der Waals surface area (Å²) < 4.78 is 0. The van der Waals surface area contributed by atoms with E-state index in [4.69, 9.17) is 0 Å². The molecule has 1 aliphatic heterocycles. The first-order valence-corrected chi connectivity index (χ1v) is 5.24. The molecule has 4 N–H and O–H groups in total. The number of urea groups is 1. The second kappa shape index (κ2) is 4.80. The average molecular weight is 221 g/mol. The minimum Gasteiger partial charge on any atom is -0.334 e. The molecule has 2 heterocycles. The molecule has 0 fully saturated rings. The highest BCUT2D eigenvalue weighted by Gasteiger charge is 2.17. The Hall–Kier alpha value is -1.82. The van der Waals surface area contributed by atoms with E-state index in [9.17, 15) is 4.79 Å². The van der Waals surface area contributed by atoms with Crippen LogP contribution in [0.4, 0.5) is 10.6 Å². The molecule has 6 heteroatoms. The van der Waals surface area contributed by atoms with Crippen molar-refractivity contribution < 1.29 is 4.79 Å². The summed E-state index contributed by atoms with van der Waals surface area (Å²) in [7, 11) is 0. The number of H-pyrrole nitrogens is 1. The van der Waals surface area contributed by atoms with Crippen LogP contribution in [0.2, 0.25) is 0 Å². The van der Waals surface area contributed by atoms with E-state index < -0.39 is 0 Å². The van der Waals surface area contributed by atoms with Crippen LogP contribution < -0.4 is 16.0 Å². The molecular weight excluding hydrogens is 206 g/mol. The molecule has 0 saturated heterocycles. The molecular formula is C10H15N5O. The Morgan fingerprint density at radius 2 is 2.50 bits per heavy atom. The first kappa shape index (κ1) is 10.7. The van der Waals surface area contributed by atoms with Gasteiger partial charge in [0, 0.05) is 18.7 Å². The lowest BCUT2D eigenvalue weighted by Crippen LogP contribution is -2.30. The van der Waals surface area contributed by atoms with Gasteiger partial charge in [0.2, 0.25) is 0 Å². The number of amides is 2. The third-order valence-electron chi connectivity index (χ3n) is 2.45. The summed E-state index contributed by atoms with van der Waals surface area (Å²) in [5.41, 5.74) is 2.14. The van der Waals surface area contributed by atoms with Crippen LogP contribution in [0, 0.1) is 0 Å². The summed E-state index contributed by atoms with van der Waals surface area (Å²) in [5, 5.41) is 15.6. The van der Waals surface area contributed by atoms with Crippen molar-refractivity contribution in [1.82, 2.24) is 20.8 Å². The number of nitrogens with zero attached hydrogens (tertiary/aromatic N) is 1. The van der Waals surface area contributed by atoms with Crippen LogP contribution in [0.5, 0.6) is 0 Å². The Morgan fingerprint density at radius 3 is 3.31 bits per heavy atom. The first-order valence-electron chi connectivity index (χ1n) is 5.24. The number of carbonyl (C=O) groups is 1. The highest BCUT2D eigenvalue weighted by Crippen LogP contribution is 2.19. The molecule has 1 aliphatic rings. The minimum absolute atomic E-state index is 0.257. The molecule has 6 nitrogen and oxygen atoms in total. The number of nitrogens with one attached hydrogen (secondary N) is 4. The second-order valence-corrected chi connectivity index (χ2v) is 3.58. The van der Waals surface area contributed by atoms with Gasteiger partial charge >= 0.3 is 6.03 Å². The number of hydrogen-bond acceptors (Lipinski definition) is 3. The smallest absolute Gasteiger partial charge is 0.320 e. The van der Waals surface area contributed by atoms with Crippen molar-refractivity contribution in [3.05, 3.63) is 23.9 Å². The van der Waals surface area contributed by atoms with Crippen molar-refractivity contribution in [2.45, 2.75) is 13.0 Å². The molecule has 2 rings (SSSR count). The molecule has 0 spiro atoms. The molecule has 0 unspecified atom stereocenters. The van der Waals surface area contributed by atoms with E-state index in [0.717, 1.165) is 30.8 Å². The van der Waals surface area contributed by atoms with Crippen molar-refractivity contribution in [2.75, 3.05) is 18.4 Å². The van der Waals surface area contributed by atoms with E-state index in [-0.39, 0.29) is 6.03 Å². The maximum Gasteiger partial charge on any atom is 0.320 e. The highest BCUT2D eigenvalue weighted by atomic mass is 16.2. The van der Waals surface area contributed by atoms with E-state index >= 15 is 0 Å². The number of rotatable bonds is 3. The normalized spacial score (nSPS) is 14.0. The lowest BCUT2D eigenvalue weighted by atomic mass is 10.1. The molecule has 2 amide bonds. The Bertz CT molecular complexity index is 398. The van der Waals surface area contributed by atoms with Crippen LogP contribution in [0.15, 0.2) is 12.7 Å². The molecule has 86 valence electrons. The van der Waals surface area contributed by atoms with Crippen LogP contribution in [-0.2, 0) is 13.0 Å². The summed E-state index contributed by atoms with van der Waals surface area (Å²) in [6, 6.07) is -0.257. The van der Waals surface area contributed by atoms with Gasteiger partial charge in [0.1, 0.15) is 0 Å². The van der Waals surface area contributed by atoms with Gasteiger partial charge < -0.3 is 10.6 Å². The van der Waals surface area contributed by atoms with Crippen molar-refractivity contribution >= 4 is 11.8 Å². The van der Waals surface area contributed by atoms with Gasteiger partial charge in [-0.2, -0.15) is 5.10 Å². The van der Waals surface area contributed by atoms with Gasteiger partial charge in [-0.1, -0.05) is 6.08 Å². The van der Waals surface area contributed by atoms with Gasteiger partial charge in [0.05, 0.1) is 5.69 Å². The lowest BCUT2D eigenvalue weighted by Gasteiger charge is -2.13. The van der Waals surface area contributed by atoms with Gasteiger partial charge in [-0.3, -0.25) is 10.4 Å². The fourth-order valence-corrected chi connectivity index (χ4v) is 1.66. The molecule has 1 aromatic heterocycles. The number of aromatic amines is 1. The highest BCUT2D eigenvalue weighted by molar-refractivity contribution is 5.89. The molecule has 0 aliphatic carbocycles. The van der Waals surface area contributed by atoms with Crippen molar-refractivity contribution in [3.63, 3.8) is 0 Å². The first-order chi connectivity index (χ1) is 7.81. The van der Waals surface area contributed by atoms with E-state index in [1.165, 1.54) is 0 Å². The molecule has 0 atom stereocenters. The van der Waals surface area contributed by atoms with Gasteiger partial charge in [-0.25, -0.2) is 4.79 Å². The maximum absolute atomic E-state index is 11.4. The van der Waals surface area contributed by atoms with Gasteiger partial charge in [0.15, 0.2) is 5.82 Å². The average Bonchev–Trinajstić information content (AvgIpc) is 2.70. The van der Waals surface area contributed by atoms with Crippen LogP contribution in [0.25, 0.3) is 0 Å². The van der Waals surface area contributed by atoms with Crippen LogP contribution in [0.3, 0.4) is 0 Å². The standard InChI is InChI=1S/C10H15N5O/c1-2-4-12-10(16)13-9-7-3-5-11-6-8(7)14-15-9/h2,11H,1,3-6H2,(H3,12,13,14,15,16). The number of fused-ring (bicyclic) bond motifs is 1. The summed E-state index contributed by atoms with van der Waals surface area (Å²) in [6.45, 7) is 5.66. The second-order valence-electron chi connectivity index (χ2n) is 3.58. The molecule has 1 aromatic rings. The Kier molecular flexibility index (Phi) is 3.21. The predicted octanol–water partition coefficient (Wildman–Crippen LogP) is 0.363. The van der Waals surface area contributed by atoms with E-state index in [2.05, 4.69) is 32.7 Å². The fraction of sp³-hybridized carbons (Fsp3) is 0.400. The van der Waals surface area contributed by atoms with E-state index in [1.807, 2.05) is 0 Å². The summed E-state index contributed by atoms with van der Waals surface area (Å²) in [5.74, 6) is 0.623. The fourth-order valence-electron chi connectivity index (χ4n) is 1.66. The van der Waals surface area contributed by atoms with Crippen molar-refractivity contribution in [3.8, 4) is 0 Å². The third-order valence-corrected chi connectivity index (χ3v) is 2.45. The lowest BCUT2D eigenvalue weighted by molar-refractivity contribution is 0.253. The minimum atomic E-state index is -0.257. The third kappa shape index (κ3) is 2.22. The van der Waals surface area contributed by atoms with Gasteiger partial charge in [-0.15, -0.1) is 6.58 Å². The summed E-state index contributed by atoms with van der Waals surface area (Å²) in [6.07, 6.45) is 2.51. The zero-order valence-corrected chi connectivity index (χ0v) is 8.97. The van der Waals surface area contributed by atoms with Gasteiger partial charge in [-0.05, 0) is 13.0 Å². The molecule has 0 bridgehead atoms. The topological polar surface area (TPSA) is 81.8 Å². The monoisotopic (exact) mass is 221 g/mol. The Labute approximate surface area is 93.5 Å². The molecule has 0 aromatic carbocycles. The summed E-state index contributed by atoms with van der Waals surface area (Å²) >= 11 is 0. The predicted molar refractivity (Wildman–Crippen MR) is 61.2 cm³/mol. The maximum atomic E-state index is 11.4. The number of aromatic nitrogens is 2. The number of anilines is 1. The van der Waals surface area contributed by atoms with Gasteiger partial charge in [0.25, 0.3) is 0 Å². The van der Waals surface area contributed by atoms with Crippen LogP contribution in [-0.4, -0.2) is 29.3 Å². The largest absolute Gasteiger partial charge is 0.334 e. The Morgan fingerprint density at radius 1 is 1.62 bits per heavy atom. The number of hydrogen-bond donors (Lipinski definition) is 4. The summed E-state index contributed by atoms with van der Waals surface area (Å²) in [4.78, 5) is 11.4. The number of carbonyl (C=O) groups excluding carboxylic acids is 1. The van der Waals surface area contributed by atoms with Crippen LogP contribution in [0.1, 0.15) is 11.3 Å². The zero-order chi connectivity index (χ0) is 11.4. The molecule has 0 saturated carbocycles. The molecule has 0 radical (unpaired) electrons. The van der Waals surface area contributed by atoms with E-state index in [0.29, 0.717) is 12.4 Å². The quantitative estimate of drug-likeness (QED) is 0.556.